The van der Waals surface area contributed by atoms with Crippen LogP contribution in [0.2, 0.25) is 0 Å². The molecule has 0 bridgehead atoms. The zero-order valence-electron chi connectivity index (χ0n) is 11.4. The van der Waals surface area contributed by atoms with Gasteiger partial charge in [-0.3, -0.25) is 9.36 Å². The standard InChI is InChI=1S/C14H18N2O3/c1-14(2,8-15)7-11(17)9-4-5-12-10(6-9)16(3)13(18)19-12/h4-6H,7-8,15H2,1-3H3. The van der Waals surface area contributed by atoms with Crippen molar-refractivity contribution in [1.29, 1.82) is 0 Å². The summed E-state index contributed by atoms with van der Waals surface area (Å²) in [5, 5.41) is 0. The molecule has 0 amide bonds. The van der Waals surface area contributed by atoms with E-state index < -0.39 is 5.76 Å². The number of hydrogen-bond acceptors (Lipinski definition) is 4. The number of oxazole rings is 1. The Morgan fingerprint density at radius 1 is 1.42 bits per heavy atom. The first-order chi connectivity index (χ1) is 8.84. The van der Waals surface area contributed by atoms with Crippen molar-refractivity contribution in [3.05, 3.63) is 34.3 Å². The number of Topliss-reactive ketones (excluding diaryl/α,β-unsaturated/α-hetero) is 1. The van der Waals surface area contributed by atoms with Crippen LogP contribution in [0.15, 0.2) is 27.4 Å². The fourth-order valence-electron chi connectivity index (χ4n) is 1.91. The highest BCUT2D eigenvalue weighted by Gasteiger charge is 2.21. The molecule has 0 aliphatic heterocycles. The Balaban J connectivity index is 2.38. The molecule has 0 saturated carbocycles. The minimum Gasteiger partial charge on any atom is -0.408 e. The zero-order chi connectivity index (χ0) is 14.2. The Kier molecular flexibility index (Phi) is 3.32. The highest BCUT2D eigenvalue weighted by Crippen LogP contribution is 2.23. The van der Waals surface area contributed by atoms with Crippen molar-refractivity contribution in [3.8, 4) is 0 Å². The van der Waals surface area contributed by atoms with Crippen LogP contribution in [0.5, 0.6) is 0 Å². The van der Waals surface area contributed by atoms with E-state index in [2.05, 4.69) is 0 Å². The van der Waals surface area contributed by atoms with E-state index in [-0.39, 0.29) is 11.2 Å². The third-order valence-corrected chi connectivity index (χ3v) is 3.31. The lowest BCUT2D eigenvalue weighted by Crippen LogP contribution is -2.26. The molecule has 0 fully saturated rings. The Labute approximate surface area is 111 Å². The molecule has 0 aliphatic rings. The van der Waals surface area contributed by atoms with E-state index in [1.54, 1.807) is 25.2 Å². The summed E-state index contributed by atoms with van der Waals surface area (Å²) in [6, 6.07) is 5.02. The Bertz CT molecular complexity index is 680. The summed E-state index contributed by atoms with van der Waals surface area (Å²) in [4.78, 5) is 23.6. The van der Waals surface area contributed by atoms with Gasteiger partial charge in [0.05, 0.1) is 5.52 Å². The van der Waals surface area contributed by atoms with Crippen molar-refractivity contribution in [2.75, 3.05) is 6.54 Å². The maximum absolute atomic E-state index is 12.2. The molecule has 102 valence electrons. The molecule has 0 saturated heterocycles. The van der Waals surface area contributed by atoms with Crippen molar-refractivity contribution in [2.45, 2.75) is 20.3 Å². The Hall–Kier alpha value is -1.88. The molecule has 5 heteroatoms. The molecule has 0 radical (unpaired) electrons. The van der Waals surface area contributed by atoms with Crippen LogP contribution in [0.3, 0.4) is 0 Å². The summed E-state index contributed by atoms with van der Waals surface area (Å²) in [6.45, 7) is 4.36. The minimum atomic E-state index is -0.429. The van der Waals surface area contributed by atoms with E-state index in [4.69, 9.17) is 10.2 Å². The number of fused-ring (bicyclic) bond motifs is 1. The first-order valence-electron chi connectivity index (χ1n) is 6.17. The van der Waals surface area contributed by atoms with Crippen molar-refractivity contribution in [1.82, 2.24) is 4.57 Å². The molecule has 1 heterocycles. The summed E-state index contributed by atoms with van der Waals surface area (Å²) in [5.74, 6) is -0.409. The van der Waals surface area contributed by atoms with Crippen molar-refractivity contribution < 1.29 is 9.21 Å². The molecular weight excluding hydrogens is 244 g/mol. The predicted octanol–water partition coefficient (Wildman–Crippen LogP) is 1.69. The van der Waals surface area contributed by atoms with Crippen LogP contribution in [0.4, 0.5) is 0 Å². The van der Waals surface area contributed by atoms with E-state index in [0.29, 0.717) is 29.6 Å². The lowest BCUT2D eigenvalue weighted by atomic mass is 9.86. The molecule has 2 N–H and O–H groups in total. The maximum atomic E-state index is 12.2. The molecule has 5 nitrogen and oxygen atoms in total. The van der Waals surface area contributed by atoms with Crippen molar-refractivity contribution >= 4 is 16.9 Å². The summed E-state index contributed by atoms with van der Waals surface area (Å²) in [6.07, 6.45) is 0.376. The van der Waals surface area contributed by atoms with Gasteiger partial charge in [0.25, 0.3) is 0 Å². The second kappa shape index (κ2) is 4.66. The molecule has 2 aromatic rings. The number of ketones is 1. The third-order valence-electron chi connectivity index (χ3n) is 3.31. The van der Waals surface area contributed by atoms with Crippen molar-refractivity contribution in [3.63, 3.8) is 0 Å². The van der Waals surface area contributed by atoms with Gasteiger partial charge in [-0.05, 0) is 30.2 Å². The minimum absolute atomic E-state index is 0.0194. The Morgan fingerprint density at radius 3 is 2.74 bits per heavy atom. The number of carbonyl (C=O) groups is 1. The van der Waals surface area contributed by atoms with Gasteiger partial charge in [0.2, 0.25) is 0 Å². The van der Waals surface area contributed by atoms with Crippen molar-refractivity contribution in [2.24, 2.45) is 18.2 Å². The monoisotopic (exact) mass is 262 g/mol. The highest BCUT2D eigenvalue weighted by atomic mass is 16.4. The molecule has 0 aliphatic carbocycles. The summed E-state index contributed by atoms with van der Waals surface area (Å²) < 4.78 is 6.42. The number of aromatic nitrogens is 1. The number of benzene rings is 1. The van der Waals surface area contributed by atoms with Gasteiger partial charge in [-0.2, -0.15) is 0 Å². The molecule has 1 aromatic carbocycles. The normalized spacial score (nSPS) is 12.0. The SMILES string of the molecule is Cn1c(=O)oc2ccc(C(=O)CC(C)(C)CN)cc21. The van der Waals surface area contributed by atoms with E-state index in [1.807, 2.05) is 13.8 Å². The molecule has 0 spiro atoms. The van der Waals surface area contributed by atoms with E-state index in [0.717, 1.165) is 0 Å². The number of nitrogens with zero attached hydrogens (tertiary/aromatic N) is 1. The maximum Gasteiger partial charge on any atom is 0.419 e. The largest absolute Gasteiger partial charge is 0.419 e. The van der Waals surface area contributed by atoms with Gasteiger partial charge in [-0.15, -0.1) is 0 Å². The number of hydrogen-bond donors (Lipinski definition) is 1. The van der Waals surface area contributed by atoms with E-state index in [1.165, 1.54) is 4.57 Å². The number of aryl methyl sites for hydroxylation is 1. The lowest BCUT2D eigenvalue weighted by molar-refractivity contribution is 0.0935. The van der Waals surface area contributed by atoms with Crippen LogP contribution in [0.1, 0.15) is 30.6 Å². The van der Waals surface area contributed by atoms with Gasteiger partial charge in [0.1, 0.15) is 0 Å². The summed E-state index contributed by atoms with van der Waals surface area (Å²) in [5.41, 5.74) is 7.10. The summed E-state index contributed by atoms with van der Waals surface area (Å²) >= 11 is 0. The number of rotatable bonds is 4. The molecule has 0 atom stereocenters. The lowest BCUT2D eigenvalue weighted by Gasteiger charge is -2.20. The predicted molar refractivity (Wildman–Crippen MR) is 73.2 cm³/mol. The molecular formula is C14H18N2O3. The molecule has 1 aromatic heterocycles. The van der Waals surface area contributed by atoms with Crippen LogP contribution in [-0.4, -0.2) is 16.9 Å². The molecule has 19 heavy (non-hydrogen) atoms. The second-order valence-electron chi connectivity index (χ2n) is 5.58. The summed E-state index contributed by atoms with van der Waals surface area (Å²) in [7, 11) is 1.62. The Morgan fingerprint density at radius 2 is 2.11 bits per heavy atom. The van der Waals surface area contributed by atoms with Gasteiger partial charge in [-0.25, -0.2) is 4.79 Å². The quantitative estimate of drug-likeness (QED) is 0.850. The average molecular weight is 262 g/mol. The number of carbonyl (C=O) groups excluding carboxylic acids is 1. The first-order valence-corrected chi connectivity index (χ1v) is 6.17. The van der Waals surface area contributed by atoms with Gasteiger partial charge in [-0.1, -0.05) is 13.8 Å². The third kappa shape index (κ3) is 2.61. The van der Waals surface area contributed by atoms with Crippen LogP contribution in [0.25, 0.3) is 11.1 Å². The van der Waals surface area contributed by atoms with Crippen LogP contribution >= 0.6 is 0 Å². The van der Waals surface area contributed by atoms with Crippen LogP contribution in [0, 0.1) is 5.41 Å². The second-order valence-corrected chi connectivity index (χ2v) is 5.58. The van der Waals surface area contributed by atoms with Crippen LogP contribution < -0.4 is 11.5 Å². The van der Waals surface area contributed by atoms with Crippen LogP contribution in [-0.2, 0) is 7.05 Å². The smallest absolute Gasteiger partial charge is 0.408 e. The molecule has 2 rings (SSSR count). The van der Waals surface area contributed by atoms with E-state index >= 15 is 0 Å². The van der Waals surface area contributed by atoms with E-state index in [9.17, 15) is 9.59 Å². The first kappa shape index (κ1) is 13.5. The fraction of sp³-hybridized carbons (Fsp3) is 0.429. The topological polar surface area (TPSA) is 78.2 Å². The fourth-order valence-corrected chi connectivity index (χ4v) is 1.91. The van der Waals surface area contributed by atoms with Gasteiger partial charge in [0, 0.05) is 19.0 Å². The van der Waals surface area contributed by atoms with Gasteiger partial charge >= 0.3 is 5.76 Å². The van der Waals surface area contributed by atoms with Gasteiger partial charge < -0.3 is 10.2 Å². The zero-order valence-corrected chi connectivity index (χ0v) is 11.4. The average Bonchev–Trinajstić information content (AvgIpc) is 2.64. The molecule has 0 unspecified atom stereocenters. The highest BCUT2D eigenvalue weighted by molar-refractivity contribution is 5.99. The van der Waals surface area contributed by atoms with Gasteiger partial charge in [0.15, 0.2) is 11.4 Å². The number of nitrogens with two attached hydrogens (primary N) is 1.